The molecule has 2 rings (SSSR count). The van der Waals surface area contributed by atoms with Crippen LogP contribution in [0, 0.1) is 5.82 Å². The molecule has 0 aliphatic carbocycles. The molecule has 0 bridgehead atoms. The minimum Gasteiger partial charge on any atom is -0.495 e. The zero-order valence-electron chi connectivity index (χ0n) is 11.3. The van der Waals surface area contributed by atoms with Crippen molar-refractivity contribution in [2.24, 2.45) is 0 Å². The van der Waals surface area contributed by atoms with Gasteiger partial charge in [-0.2, -0.15) is 0 Å². The predicted molar refractivity (Wildman–Crippen MR) is 84.2 cm³/mol. The fourth-order valence-electron chi connectivity index (χ4n) is 1.75. The van der Waals surface area contributed by atoms with Gasteiger partial charge in [-0.25, -0.2) is 4.39 Å². The molecule has 0 aromatic heterocycles. The van der Waals surface area contributed by atoms with Crippen molar-refractivity contribution in [3.05, 3.63) is 52.8 Å². The number of nitrogens with one attached hydrogen (secondary N) is 2. The highest BCUT2D eigenvalue weighted by Gasteiger charge is 2.08. The van der Waals surface area contributed by atoms with E-state index in [0.717, 1.165) is 0 Å². The summed E-state index contributed by atoms with van der Waals surface area (Å²) in [7, 11) is 1.53. The Balaban J connectivity index is 1.97. The fraction of sp³-hybridized carbons (Fsp3) is 0.133. The van der Waals surface area contributed by atoms with Crippen LogP contribution in [0.3, 0.4) is 0 Å². The van der Waals surface area contributed by atoms with Crippen LogP contribution >= 0.6 is 15.9 Å². The summed E-state index contributed by atoms with van der Waals surface area (Å²) >= 11 is 3.29. The number of carbonyl (C=O) groups is 1. The molecular formula is C15H14BrFN2O2. The van der Waals surface area contributed by atoms with Gasteiger partial charge < -0.3 is 15.4 Å². The number of methoxy groups -OCH3 is 1. The van der Waals surface area contributed by atoms with E-state index >= 15 is 0 Å². The molecule has 0 radical (unpaired) electrons. The van der Waals surface area contributed by atoms with Gasteiger partial charge in [-0.05, 0) is 46.3 Å². The van der Waals surface area contributed by atoms with E-state index in [1.807, 2.05) is 6.07 Å². The van der Waals surface area contributed by atoms with Crippen LogP contribution in [0.1, 0.15) is 0 Å². The second-order valence-electron chi connectivity index (χ2n) is 4.23. The van der Waals surface area contributed by atoms with Gasteiger partial charge in [0.25, 0.3) is 0 Å². The minimum absolute atomic E-state index is 0.0140. The van der Waals surface area contributed by atoms with Crippen LogP contribution < -0.4 is 15.4 Å². The van der Waals surface area contributed by atoms with Gasteiger partial charge in [-0.15, -0.1) is 0 Å². The standard InChI is InChI=1S/C15H14BrFN2O2/c1-21-14-5-3-2-4-12(14)19-15(20)9-18-13-8-10(17)6-7-11(13)16/h2-8,18H,9H2,1H3,(H,19,20). The average Bonchev–Trinajstić information content (AvgIpc) is 2.49. The highest BCUT2D eigenvalue weighted by molar-refractivity contribution is 9.10. The van der Waals surface area contributed by atoms with Crippen LogP contribution in [-0.2, 0) is 4.79 Å². The Bertz CT molecular complexity index is 649. The summed E-state index contributed by atoms with van der Waals surface area (Å²) in [5.74, 6) is -0.0423. The number of hydrogen-bond donors (Lipinski definition) is 2. The van der Waals surface area contributed by atoms with Crippen molar-refractivity contribution in [1.82, 2.24) is 0 Å². The maximum Gasteiger partial charge on any atom is 0.243 e. The van der Waals surface area contributed by atoms with Crippen LogP contribution in [0.15, 0.2) is 46.9 Å². The Morgan fingerprint density at radius 3 is 2.76 bits per heavy atom. The van der Waals surface area contributed by atoms with E-state index in [2.05, 4.69) is 26.6 Å². The van der Waals surface area contributed by atoms with Crippen LogP contribution in [-0.4, -0.2) is 19.6 Å². The summed E-state index contributed by atoms with van der Waals surface area (Å²) < 4.78 is 19.0. The lowest BCUT2D eigenvalue weighted by atomic mass is 10.3. The molecule has 0 aliphatic heterocycles. The van der Waals surface area contributed by atoms with Crippen molar-refractivity contribution in [2.45, 2.75) is 0 Å². The van der Waals surface area contributed by atoms with E-state index in [-0.39, 0.29) is 18.3 Å². The van der Waals surface area contributed by atoms with E-state index in [0.29, 0.717) is 21.6 Å². The minimum atomic E-state index is -0.370. The maximum atomic E-state index is 13.1. The molecule has 1 amide bonds. The van der Waals surface area contributed by atoms with Crippen molar-refractivity contribution >= 4 is 33.2 Å². The van der Waals surface area contributed by atoms with E-state index in [1.54, 1.807) is 24.3 Å². The molecule has 0 unspecified atom stereocenters. The maximum absolute atomic E-state index is 13.1. The van der Waals surface area contributed by atoms with Gasteiger partial charge in [0, 0.05) is 4.47 Å². The molecule has 0 spiro atoms. The summed E-state index contributed by atoms with van der Waals surface area (Å²) in [6.45, 7) is 0.0140. The van der Waals surface area contributed by atoms with Gasteiger partial charge in [0.1, 0.15) is 11.6 Å². The smallest absolute Gasteiger partial charge is 0.243 e. The number of carbonyl (C=O) groups excluding carboxylic acids is 1. The molecule has 2 aromatic carbocycles. The highest BCUT2D eigenvalue weighted by atomic mass is 79.9. The summed E-state index contributed by atoms with van der Waals surface area (Å²) in [4.78, 5) is 11.9. The lowest BCUT2D eigenvalue weighted by Gasteiger charge is -2.11. The van der Waals surface area contributed by atoms with E-state index in [9.17, 15) is 9.18 Å². The average molecular weight is 353 g/mol. The molecular weight excluding hydrogens is 339 g/mol. The Labute approximate surface area is 130 Å². The number of rotatable bonds is 5. The van der Waals surface area contributed by atoms with Crippen molar-refractivity contribution < 1.29 is 13.9 Å². The van der Waals surface area contributed by atoms with Crippen molar-refractivity contribution in [3.63, 3.8) is 0 Å². The molecule has 4 nitrogen and oxygen atoms in total. The Hall–Kier alpha value is -2.08. The van der Waals surface area contributed by atoms with Crippen molar-refractivity contribution in [3.8, 4) is 5.75 Å². The topological polar surface area (TPSA) is 50.4 Å². The molecule has 0 aliphatic rings. The number of ether oxygens (including phenoxy) is 1. The molecule has 2 N–H and O–H groups in total. The first kappa shape index (κ1) is 15.3. The third-order valence-electron chi connectivity index (χ3n) is 2.75. The number of anilines is 2. The van der Waals surface area contributed by atoms with Crippen LogP contribution in [0.2, 0.25) is 0 Å². The second kappa shape index (κ2) is 7.08. The Morgan fingerprint density at radius 1 is 1.24 bits per heavy atom. The molecule has 0 atom stereocenters. The third-order valence-corrected chi connectivity index (χ3v) is 3.44. The molecule has 21 heavy (non-hydrogen) atoms. The summed E-state index contributed by atoms with van der Waals surface area (Å²) in [5.41, 5.74) is 1.11. The zero-order valence-corrected chi connectivity index (χ0v) is 12.9. The summed E-state index contributed by atoms with van der Waals surface area (Å²) in [6, 6.07) is 11.4. The van der Waals surface area contributed by atoms with Crippen molar-refractivity contribution in [2.75, 3.05) is 24.3 Å². The predicted octanol–water partition coefficient (Wildman–Crippen LogP) is 3.65. The summed E-state index contributed by atoms with van der Waals surface area (Å²) in [6.07, 6.45) is 0. The normalized spacial score (nSPS) is 10.0. The second-order valence-corrected chi connectivity index (χ2v) is 5.08. The first-order chi connectivity index (χ1) is 10.1. The number of hydrogen-bond acceptors (Lipinski definition) is 3. The van der Waals surface area contributed by atoms with Gasteiger partial charge in [0.05, 0.1) is 25.0 Å². The van der Waals surface area contributed by atoms with Gasteiger partial charge in [-0.3, -0.25) is 4.79 Å². The molecule has 0 saturated heterocycles. The number of halogens is 2. The van der Waals surface area contributed by atoms with Gasteiger partial charge in [0.2, 0.25) is 5.91 Å². The van der Waals surface area contributed by atoms with Gasteiger partial charge in [0.15, 0.2) is 0 Å². The number of benzene rings is 2. The lowest BCUT2D eigenvalue weighted by molar-refractivity contribution is -0.114. The van der Waals surface area contributed by atoms with E-state index in [1.165, 1.54) is 19.2 Å². The summed E-state index contributed by atoms with van der Waals surface area (Å²) in [5, 5.41) is 5.60. The van der Waals surface area contributed by atoms with Crippen LogP contribution in [0.5, 0.6) is 5.75 Å². The first-order valence-corrected chi connectivity index (χ1v) is 7.01. The molecule has 6 heteroatoms. The number of para-hydroxylation sites is 2. The lowest BCUT2D eigenvalue weighted by Crippen LogP contribution is -2.22. The molecule has 2 aromatic rings. The van der Waals surface area contributed by atoms with Crippen molar-refractivity contribution in [1.29, 1.82) is 0 Å². The largest absolute Gasteiger partial charge is 0.495 e. The Morgan fingerprint density at radius 2 is 2.00 bits per heavy atom. The van der Waals surface area contributed by atoms with Gasteiger partial charge >= 0.3 is 0 Å². The first-order valence-electron chi connectivity index (χ1n) is 6.22. The molecule has 110 valence electrons. The van der Waals surface area contributed by atoms with E-state index in [4.69, 9.17) is 4.74 Å². The highest BCUT2D eigenvalue weighted by Crippen LogP contribution is 2.24. The SMILES string of the molecule is COc1ccccc1NC(=O)CNc1cc(F)ccc1Br. The van der Waals surface area contributed by atoms with Crippen LogP contribution in [0.4, 0.5) is 15.8 Å². The monoisotopic (exact) mass is 352 g/mol. The third kappa shape index (κ3) is 4.19. The quantitative estimate of drug-likeness (QED) is 0.863. The van der Waals surface area contributed by atoms with Gasteiger partial charge in [-0.1, -0.05) is 12.1 Å². The van der Waals surface area contributed by atoms with E-state index < -0.39 is 0 Å². The molecule has 0 heterocycles. The fourth-order valence-corrected chi connectivity index (χ4v) is 2.14. The molecule has 0 saturated carbocycles. The Kier molecular flexibility index (Phi) is 5.16. The molecule has 0 fully saturated rings. The zero-order chi connectivity index (χ0) is 15.2. The number of amides is 1. The van der Waals surface area contributed by atoms with Crippen LogP contribution in [0.25, 0.3) is 0 Å².